The van der Waals surface area contributed by atoms with Crippen LogP contribution in [0, 0.1) is 0 Å². The van der Waals surface area contributed by atoms with E-state index in [2.05, 4.69) is 0 Å². The molecule has 0 spiro atoms. The van der Waals surface area contributed by atoms with Gasteiger partial charge in [-0.1, -0.05) is 23.7 Å². The molecule has 4 heteroatoms. The summed E-state index contributed by atoms with van der Waals surface area (Å²) < 4.78 is 0. The van der Waals surface area contributed by atoms with Crippen LogP contribution in [0.4, 0.5) is 0 Å². The monoisotopic (exact) mass is 248 g/mol. The number of benzene rings is 1. The molecule has 1 nitrogen and oxygen atoms in total. The molecule has 1 aromatic carbocycles. The Morgan fingerprint density at radius 3 is 2.71 bits per heavy atom. The van der Waals surface area contributed by atoms with Gasteiger partial charge in [-0.2, -0.15) is 11.8 Å². The first kappa shape index (κ1) is 12.2. The van der Waals surface area contributed by atoms with Gasteiger partial charge >= 0.3 is 0 Å². The maximum absolute atomic E-state index is 9.52. The van der Waals surface area contributed by atoms with E-state index in [1.807, 2.05) is 30.5 Å². The molecule has 1 N–H and O–H groups in total. The predicted octanol–water partition coefficient (Wildman–Crippen LogP) is 3.16. The van der Waals surface area contributed by atoms with E-state index in [0.29, 0.717) is 5.75 Å². The molecule has 78 valence electrons. The van der Waals surface area contributed by atoms with E-state index in [4.69, 9.17) is 11.6 Å². The molecule has 0 fully saturated rings. The molecule has 1 atom stereocenters. The van der Waals surface area contributed by atoms with Crippen molar-refractivity contribution in [1.29, 1.82) is 0 Å². The van der Waals surface area contributed by atoms with Crippen LogP contribution in [0.2, 0.25) is 5.02 Å². The van der Waals surface area contributed by atoms with Crippen molar-refractivity contribution in [3.63, 3.8) is 0 Å². The minimum absolute atomic E-state index is 0.258. The number of rotatable bonds is 5. The Morgan fingerprint density at radius 2 is 2.07 bits per heavy atom. The van der Waals surface area contributed by atoms with Crippen LogP contribution in [-0.4, -0.2) is 29.0 Å². The van der Waals surface area contributed by atoms with E-state index in [0.717, 1.165) is 15.7 Å². The first-order valence-electron chi connectivity index (χ1n) is 4.28. The number of hydrogen-bond acceptors (Lipinski definition) is 3. The van der Waals surface area contributed by atoms with Crippen LogP contribution in [0.15, 0.2) is 29.2 Å². The molecule has 0 bridgehead atoms. The fourth-order valence-corrected chi connectivity index (χ4v) is 2.81. The van der Waals surface area contributed by atoms with Gasteiger partial charge in [-0.15, -0.1) is 11.8 Å². The summed E-state index contributed by atoms with van der Waals surface area (Å²) in [7, 11) is 0. The van der Waals surface area contributed by atoms with Gasteiger partial charge < -0.3 is 5.11 Å². The van der Waals surface area contributed by atoms with Crippen molar-refractivity contribution in [1.82, 2.24) is 0 Å². The predicted molar refractivity (Wildman–Crippen MR) is 66.6 cm³/mol. The standard InChI is InChI=1S/C10H13ClOS2/c1-13-6-8(12)7-14-10-5-3-2-4-9(10)11/h2-5,8,12H,6-7H2,1H3. The third-order valence-corrected chi connectivity index (χ3v) is 4.01. The molecule has 0 aromatic heterocycles. The highest BCUT2D eigenvalue weighted by atomic mass is 35.5. The average molecular weight is 249 g/mol. The molecule has 14 heavy (non-hydrogen) atoms. The van der Waals surface area contributed by atoms with Crippen LogP contribution in [-0.2, 0) is 0 Å². The van der Waals surface area contributed by atoms with E-state index < -0.39 is 0 Å². The van der Waals surface area contributed by atoms with Gasteiger partial charge in [0.05, 0.1) is 11.1 Å². The van der Waals surface area contributed by atoms with E-state index >= 15 is 0 Å². The van der Waals surface area contributed by atoms with Crippen molar-refractivity contribution in [3.05, 3.63) is 29.3 Å². The molecule has 0 saturated heterocycles. The van der Waals surface area contributed by atoms with Crippen molar-refractivity contribution < 1.29 is 5.11 Å². The summed E-state index contributed by atoms with van der Waals surface area (Å²) in [6.45, 7) is 0. The average Bonchev–Trinajstić information content (AvgIpc) is 2.17. The van der Waals surface area contributed by atoms with E-state index in [1.165, 1.54) is 0 Å². The van der Waals surface area contributed by atoms with E-state index in [-0.39, 0.29) is 6.10 Å². The van der Waals surface area contributed by atoms with Crippen molar-refractivity contribution in [2.24, 2.45) is 0 Å². The molecule has 0 heterocycles. The Balaban J connectivity index is 2.41. The highest BCUT2D eigenvalue weighted by molar-refractivity contribution is 8.00. The maximum Gasteiger partial charge on any atom is 0.0724 e. The first-order chi connectivity index (χ1) is 6.74. The summed E-state index contributed by atoms with van der Waals surface area (Å²) in [5.41, 5.74) is 0. The molecule has 1 aromatic rings. The zero-order valence-corrected chi connectivity index (χ0v) is 10.3. The summed E-state index contributed by atoms with van der Waals surface area (Å²) in [6, 6.07) is 7.70. The summed E-state index contributed by atoms with van der Waals surface area (Å²) in [5.74, 6) is 1.47. The first-order valence-corrected chi connectivity index (χ1v) is 7.04. The van der Waals surface area contributed by atoms with Crippen molar-refractivity contribution >= 4 is 35.1 Å². The summed E-state index contributed by atoms with van der Waals surface area (Å²) in [5, 5.41) is 10.3. The second kappa shape index (κ2) is 6.62. The van der Waals surface area contributed by atoms with E-state index in [9.17, 15) is 5.11 Å². The molecule has 1 unspecified atom stereocenters. The van der Waals surface area contributed by atoms with E-state index in [1.54, 1.807) is 23.5 Å². The van der Waals surface area contributed by atoms with Crippen molar-refractivity contribution in [3.8, 4) is 0 Å². The zero-order valence-electron chi connectivity index (χ0n) is 7.94. The van der Waals surface area contributed by atoms with Crippen LogP contribution >= 0.6 is 35.1 Å². The lowest BCUT2D eigenvalue weighted by Crippen LogP contribution is -2.12. The Kier molecular flexibility index (Phi) is 5.78. The number of aliphatic hydroxyl groups is 1. The molecule has 1 rings (SSSR count). The highest BCUT2D eigenvalue weighted by Gasteiger charge is 2.05. The fourth-order valence-electron chi connectivity index (χ4n) is 0.988. The van der Waals surface area contributed by atoms with Crippen LogP contribution < -0.4 is 0 Å². The molecule has 0 aliphatic heterocycles. The minimum Gasteiger partial charge on any atom is -0.391 e. The third kappa shape index (κ3) is 4.13. The molecular weight excluding hydrogens is 236 g/mol. The highest BCUT2D eigenvalue weighted by Crippen LogP contribution is 2.27. The molecule has 0 aliphatic rings. The second-order valence-electron chi connectivity index (χ2n) is 2.85. The van der Waals surface area contributed by atoms with Crippen molar-refractivity contribution in [2.45, 2.75) is 11.0 Å². The zero-order chi connectivity index (χ0) is 10.4. The quantitative estimate of drug-likeness (QED) is 0.809. The largest absolute Gasteiger partial charge is 0.391 e. The molecule has 0 amide bonds. The van der Waals surface area contributed by atoms with Gasteiger partial charge in [0.15, 0.2) is 0 Å². The number of aliphatic hydroxyl groups excluding tert-OH is 1. The summed E-state index contributed by atoms with van der Waals surface area (Å²) >= 11 is 9.23. The lowest BCUT2D eigenvalue weighted by atomic mass is 10.4. The lowest BCUT2D eigenvalue weighted by molar-refractivity contribution is 0.225. The van der Waals surface area contributed by atoms with Gasteiger partial charge in [0.25, 0.3) is 0 Å². The SMILES string of the molecule is CSCC(O)CSc1ccccc1Cl. The van der Waals surface area contributed by atoms with Gasteiger partial charge in [-0.3, -0.25) is 0 Å². The number of hydrogen-bond donors (Lipinski definition) is 1. The van der Waals surface area contributed by atoms with Crippen LogP contribution in [0.5, 0.6) is 0 Å². The summed E-state index contributed by atoms with van der Waals surface area (Å²) in [6.07, 6.45) is 1.73. The number of thioether (sulfide) groups is 2. The van der Waals surface area contributed by atoms with Gasteiger partial charge in [-0.25, -0.2) is 0 Å². The topological polar surface area (TPSA) is 20.2 Å². The van der Waals surface area contributed by atoms with Crippen molar-refractivity contribution in [2.75, 3.05) is 17.8 Å². The normalized spacial score (nSPS) is 12.8. The molecule has 0 radical (unpaired) electrons. The van der Waals surface area contributed by atoms with Crippen LogP contribution in [0.1, 0.15) is 0 Å². The fraction of sp³-hybridized carbons (Fsp3) is 0.400. The maximum atomic E-state index is 9.52. The Labute approximate surface area is 98.2 Å². The van der Waals surface area contributed by atoms with Gasteiger partial charge in [0.2, 0.25) is 0 Å². The summed E-state index contributed by atoms with van der Waals surface area (Å²) in [4.78, 5) is 1.04. The Morgan fingerprint density at radius 1 is 1.36 bits per heavy atom. The van der Waals surface area contributed by atoms with Gasteiger partial charge in [0.1, 0.15) is 0 Å². The van der Waals surface area contributed by atoms with Gasteiger partial charge in [0, 0.05) is 16.4 Å². The Hall–Kier alpha value is 0.170. The minimum atomic E-state index is -0.258. The van der Waals surface area contributed by atoms with Gasteiger partial charge in [-0.05, 0) is 18.4 Å². The Bertz CT molecular complexity index is 281. The van der Waals surface area contributed by atoms with Crippen LogP contribution in [0.3, 0.4) is 0 Å². The molecule has 0 saturated carbocycles. The third-order valence-electron chi connectivity index (χ3n) is 1.63. The number of halogens is 1. The second-order valence-corrected chi connectivity index (χ2v) is 5.23. The molecule has 0 aliphatic carbocycles. The molecular formula is C10H13ClOS2. The van der Waals surface area contributed by atoms with Crippen LogP contribution in [0.25, 0.3) is 0 Å². The lowest BCUT2D eigenvalue weighted by Gasteiger charge is -2.08. The smallest absolute Gasteiger partial charge is 0.0724 e.